The molecular formula is C14H19N3O2. The van der Waals surface area contributed by atoms with E-state index in [-0.39, 0.29) is 12.0 Å². The smallest absolute Gasteiger partial charge is 0.243 e. The lowest BCUT2D eigenvalue weighted by molar-refractivity contribution is 0.307. The highest BCUT2D eigenvalue weighted by Crippen LogP contribution is 2.16. The quantitative estimate of drug-likeness (QED) is 0.864. The van der Waals surface area contributed by atoms with E-state index in [9.17, 15) is 0 Å². The van der Waals surface area contributed by atoms with Crippen molar-refractivity contribution in [3.05, 3.63) is 42.0 Å². The van der Waals surface area contributed by atoms with Crippen LogP contribution >= 0.6 is 0 Å². The van der Waals surface area contributed by atoms with Crippen molar-refractivity contribution in [2.75, 3.05) is 6.61 Å². The van der Waals surface area contributed by atoms with Gasteiger partial charge >= 0.3 is 0 Å². The number of rotatable bonds is 6. The van der Waals surface area contributed by atoms with Gasteiger partial charge in [-0.3, -0.25) is 0 Å². The molecule has 5 nitrogen and oxygen atoms in total. The van der Waals surface area contributed by atoms with Gasteiger partial charge in [0.2, 0.25) is 5.89 Å². The standard InChI is InChI=1S/C14H19N3O2/c1-10(2)13(15)14-16-12(17-19-14)8-9-18-11-6-4-3-5-7-11/h3-7,10,13H,8-9,15H2,1-2H3/t13-/m0/s1. The highest BCUT2D eigenvalue weighted by atomic mass is 16.5. The maximum Gasteiger partial charge on any atom is 0.243 e. The predicted molar refractivity (Wildman–Crippen MR) is 71.7 cm³/mol. The van der Waals surface area contributed by atoms with Crippen LogP contribution in [0.4, 0.5) is 0 Å². The Morgan fingerprint density at radius 2 is 2.00 bits per heavy atom. The van der Waals surface area contributed by atoms with E-state index in [1.807, 2.05) is 44.2 Å². The Kier molecular flexibility index (Phi) is 4.52. The van der Waals surface area contributed by atoms with Gasteiger partial charge in [-0.05, 0) is 18.1 Å². The van der Waals surface area contributed by atoms with Crippen LogP contribution in [0.15, 0.2) is 34.9 Å². The Bertz CT molecular complexity index is 496. The Labute approximate surface area is 112 Å². The normalized spacial score (nSPS) is 12.6. The van der Waals surface area contributed by atoms with E-state index in [1.165, 1.54) is 0 Å². The van der Waals surface area contributed by atoms with E-state index in [4.69, 9.17) is 15.0 Å². The van der Waals surface area contributed by atoms with Gasteiger partial charge in [0.15, 0.2) is 5.82 Å². The van der Waals surface area contributed by atoms with Crippen LogP contribution in [-0.2, 0) is 6.42 Å². The number of ether oxygens (including phenoxy) is 1. The SMILES string of the molecule is CC(C)[C@H](N)c1nc(CCOc2ccccc2)no1. The third kappa shape index (κ3) is 3.79. The second-order valence-corrected chi connectivity index (χ2v) is 4.73. The fourth-order valence-electron chi connectivity index (χ4n) is 1.57. The second kappa shape index (κ2) is 6.33. The Balaban J connectivity index is 1.84. The van der Waals surface area contributed by atoms with Crippen molar-refractivity contribution in [1.82, 2.24) is 10.1 Å². The van der Waals surface area contributed by atoms with Crippen molar-refractivity contribution in [1.29, 1.82) is 0 Å². The number of nitrogens with zero attached hydrogens (tertiary/aromatic N) is 2. The predicted octanol–water partition coefficient (Wildman–Crippen LogP) is 2.35. The van der Waals surface area contributed by atoms with E-state index >= 15 is 0 Å². The van der Waals surface area contributed by atoms with Gasteiger partial charge in [0.1, 0.15) is 5.75 Å². The molecule has 0 saturated heterocycles. The molecule has 0 saturated carbocycles. The molecular weight excluding hydrogens is 242 g/mol. The zero-order valence-corrected chi connectivity index (χ0v) is 11.2. The first-order chi connectivity index (χ1) is 9.16. The molecule has 0 radical (unpaired) electrons. The van der Waals surface area contributed by atoms with Gasteiger partial charge < -0.3 is 15.0 Å². The third-order valence-corrected chi connectivity index (χ3v) is 2.82. The third-order valence-electron chi connectivity index (χ3n) is 2.82. The molecule has 0 unspecified atom stereocenters. The molecule has 0 amide bonds. The van der Waals surface area contributed by atoms with Crippen molar-refractivity contribution in [3.63, 3.8) is 0 Å². The van der Waals surface area contributed by atoms with Gasteiger partial charge in [-0.2, -0.15) is 4.98 Å². The zero-order valence-electron chi connectivity index (χ0n) is 11.2. The van der Waals surface area contributed by atoms with Crippen LogP contribution in [0.3, 0.4) is 0 Å². The summed E-state index contributed by atoms with van der Waals surface area (Å²) in [6, 6.07) is 9.43. The molecule has 102 valence electrons. The van der Waals surface area contributed by atoms with E-state index < -0.39 is 0 Å². The first-order valence-electron chi connectivity index (χ1n) is 6.42. The summed E-state index contributed by atoms with van der Waals surface area (Å²) < 4.78 is 10.7. The molecule has 19 heavy (non-hydrogen) atoms. The summed E-state index contributed by atoms with van der Waals surface area (Å²) in [6.07, 6.45) is 0.600. The molecule has 0 aliphatic rings. The summed E-state index contributed by atoms with van der Waals surface area (Å²) in [5.74, 6) is 2.23. The molecule has 2 rings (SSSR count). The Hall–Kier alpha value is -1.88. The number of benzene rings is 1. The van der Waals surface area contributed by atoms with Crippen molar-refractivity contribution >= 4 is 0 Å². The second-order valence-electron chi connectivity index (χ2n) is 4.73. The summed E-state index contributed by atoms with van der Waals surface area (Å²) in [5.41, 5.74) is 5.94. The highest BCUT2D eigenvalue weighted by Gasteiger charge is 2.17. The van der Waals surface area contributed by atoms with Crippen LogP contribution in [-0.4, -0.2) is 16.7 Å². The molecule has 2 aromatic rings. The zero-order chi connectivity index (χ0) is 13.7. The molecule has 0 aliphatic carbocycles. The van der Waals surface area contributed by atoms with Crippen LogP contribution < -0.4 is 10.5 Å². The largest absolute Gasteiger partial charge is 0.493 e. The number of nitrogens with two attached hydrogens (primary N) is 1. The molecule has 0 spiro atoms. The summed E-state index contributed by atoms with van der Waals surface area (Å²) in [4.78, 5) is 4.28. The van der Waals surface area contributed by atoms with Crippen molar-refractivity contribution < 1.29 is 9.26 Å². The molecule has 1 atom stereocenters. The number of aromatic nitrogens is 2. The molecule has 1 heterocycles. The molecule has 0 aliphatic heterocycles. The molecule has 1 aromatic carbocycles. The minimum Gasteiger partial charge on any atom is -0.493 e. The Morgan fingerprint density at radius 1 is 1.26 bits per heavy atom. The summed E-state index contributed by atoms with van der Waals surface area (Å²) in [6.45, 7) is 4.56. The molecule has 0 fully saturated rings. The average molecular weight is 261 g/mol. The lowest BCUT2D eigenvalue weighted by Gasteiger charge is -2.09. The molecule has 5 heteroatoms. The van der Waals surface area contributed by atoms with Gasteiger partial charge in [-0.15, -0.1) is 0 Å². The highest BCUT2D eigenvalue weighted by molar-refractivity contribution is 5.20. The number of para-hydroxylation sites is 1. The first kappa shape index (κ1) is 13.5. The van der Waals surface area contributed by atoms with Crippen LogP contribution in [0.5, 0.6) is 5.75 Å². The van der Waals surface area contributed by atoms with Crippen molar-refractivity contribution in [3.8, 4) is 5.75 Å². The first-order valence-corrected chi connectivity index (χ1v) is 6.42. The van der Waals surface area contributed by atoms with Crippen LogP contribution in [0.2, 0.25) is 0 Å². The van der Waals surface area contributed by atoms with Gasteiger partial charge in [-0.1, -0.05) is 37.2 Å². The van der Waals surface area contributed by atoms with Crippen LogP contribution in [0.25, 0.3) is 0 Å². The van der Waals surface area contributed by atoms with Gasteiger partial charge in [-0.25, -0.2) is 0 Å². The lowest BCUT2D eigenvalue weighted by atomic mass is 10.1. The van der Waals surface area contributed by atoms with E-state index in [0.717, 1.165) is 5.75 Å². The van der Waals surface area contributed by atoms with Crippen molar-refractivity contribution in [2.24, 2.45) is 11.7 Å². The number of hydrogen-bond acceptors (Lipinski definition) is 5. The van der Waals surface area contributed by atoms with Crippen molar-refractivity contribution in [2.45, 2.75) is 26.3 Å². The fourth-order valence-corrected chi connectivity index (χ4v) is 1.57. The molecule has 1 aromatic heterocycles. The van der Waals surface area contributed by atoms with Gasteiger partial charge in [0.05, 0.1) is 12.6 Å². The van der Waals surface area contributed by atoms with E-state index in [1.54, 1.807) is 0 Å². The summed E-state index contributed by atoms with van der Waals surface area (Å²) in [7, 11) is 0. The van der Waals surface area contributed by atoms with E-state index in [2.05, 4.69) is 10.1 Å². The average Bonchev–Trinajstić information content (AvgIpc) is 2.88. The van der Waals surface area contributed by atoms with Crippen LogP contribution in [0.1, 0.15) is 31.6 Å². The Morgan fingerprint density at radius 3 is 2.68 bits per heavy atom. The lowest BCUT2D eigenvalue weighted by Crippen LogP contribution is -2.17. The fraction of sp³-hybridized carbons (Fsp3) is 0.429. The molecule has 0 bridgehead atoms. The minimum absolute atomic E-state index is 0.212. The maximum absolute atomic E-state index is 5.94. The topological polar surface area (TPSA) is 74.2 Å². The number of hydrogen-bond donors (Lipinski definition) is 1. The summed E-state index contributed by atoms with van der Waals surface area (Å²) in [5, 5.41) is 3.90. The maximum atomic E-state index is 5.94. The molecule has 2 N–H and O–H groups in total. The van der Waals surface area contributed by atoms with E-state index in [0.29, 0.717) is 24.7 Å². The van der Waals surface area contributed by atoms with Crippen LogP contribution in [0, 0.1) is 5.92 Å². The van der Waals surface area contributed by atoms with Gasteiger partial charge in [0, 0.05) is 6.42 Å². The summed E-state index contributed by atoms with van der Waals surface area (Å²) >= 11 is 0. The monoisotopic (exact) mass is 261 g/mol. The van der Waals surface area contributed by atoms with Gasteiger partial charge in [0.25, 0.3) is 0 Å². The minimum atomic E-state index is -0.212.